The quantitative estimate of drug-likeness (QED) is 0.594. The van der Waals surface area contributed by atoms with Gasteiger partial charge in [0.25, 0.3) is 0 Å². The number of thioether (sulfide) groups is 1. The number of nitrogens with two attached hydrogens (primary N) is 1. The zero-order valence-corrected chi connectivity index (χ0v) is 5.66. The highest BCUT2D eigenvalue weighted by Crippen LogP contribution is 2.06. The van der Waals surface area contributed by atoms with E-state index in [0.717, 1.165) is 5.03 Å². The summed E-state index contributed by atoms with van der Waals surface area (Å²) in [5.74, 6) is 0. The number of nitrogens with one attached hydrogen (secondary N) is 1. The van der Waals surface area contributed by atoms with Crippen LogP contribution in [-0.4, -0.2) is 7.05 Å². The van der Waals surface area contributed by atoms with Gasteiger partial charge in [-0.15, -0.1) is 0 Å². The van der Waals surface area contributed by atoms with Crippen LogP contribution in [0.4, 0.5) is 0 Å². The van der Waals surface area contributed by atoms with Crippen LogP contribution < -0.4 is 11.1 Å². The van der Waals surface area contributed by atoms with Crippen LogP contribution in [0, 0.1) is 0 Å². The standard InChI is InChI=1S/C5H10N2S/c1-3-8-5(6)4-7-2/h3-4,7H,1,6H2,2H3/b5-4-. The zero-order chi connectivity index (χ0) is 6.41. The molecule has 0 amide bonds. The van der Waals surface area contributed by atoms with Gasteiger partial charge in [0.2, 0.25) is 0 Å². The third kappa shape index (κ3) is 3.61. The lowest BCUT2D eigenvalue weighted by Crippen LogP contribution is -1.99. The van der Waals surface area contributed by atoms with Crippen molar-refractivity contribution >= 4 is 11.8 Å². The summed E-state index contributed by atoms with van der Waals surface area (Å²) in [6.45, 7) is 3.50. The van der Waals surface area contributed by atoms with E-state index < -0.39 is 0 Å². The van der Waals surface area contributed by atoms with Crippen molar-refractivity contribution in [1.29, 1.82) is 0 Å². The van der Waals surface area contributed by atoms with Gasteiger partial charge in [0.05, 0.1) is 5.03 Å². The van der Waals surface area contributed by atoms with Crippen molar-refractivity contribution in [3.05, 3.63) is 23.2 Å². The van der Waals surface area contributed by atoms with E-state index in [-0.39, 0.29) is 0 Å². The maximum absolute atomic E-state index is 5.39. The van der Waals surface area contributed by atoms with Gasteiger partial charge in [0.15, 0.2) is 0 Å². The fraction of sp³-hybridized carbons (Fsp3) is 0.200. The minimum atomic E-state index is 0.725. The fourth-order valence-electron chi connectivity index (χ4n) is 0.273. The van der Waals surface area contributed by atoms with Crippen molar-refractivity contribution in [1.82, 2.24) is 5.32 Å². The van der Waals surface area contributed by atoms with Crippen LogP contribution in [0.1, 0.15) is 0 Å². The molecule has 0 bridgehead atoms. The molecule has 0 unspecified atom stereocenters. The molecule has 0 saturated carbocycles. The lowest BCUT2D eigenvalue weighted by Gasteiger charge is -1.92. The number of hydrogen-bond acceptors (Lipinski definition) is 3. The third-order valence-corrected chi connectivity index (χ3v) is 1.06. The summed E-state index contributed by atoms with van der Waals surface area (Å²) < 4.78 is 0. The third-order valence-electron chi connectivity index (χ3n) is 0.506. The molecular weight excluding hydrogens is 120 g/mol. The molecule has 0 fully saturated rings. The Kier molecular flexibility index (Phi) is 4.26. The molecule has 3 N–H and O–H groups in total. The van der Waals surface area contributed by atoms with Crippen LogP contribution in [0.2, 0.25) is 0 Å². The summed E-state index contributed by atoms with van der Waals surface area (Å²) in [6, 6.07) is 0. The minimum Gasteiger partial charge on any atom is -0.392 e. The van der Waals surface area contributed by atoms with Crippen LogP contribution >= 0.6 is 11.8 Å². The average molecular weight is 130 g/mol. The van der Waals surface area contributed by atoms with E-state index in [0.29, 0.717) is 0 Å². The van der Waals surface area contributed by atoms with Crippen LogP contribution in [0.3, 0.4) is 0 Å². The molecule has 46 valence electrons. The lowest BCUT2D eigenvalue weighted by molar-refractivity contribution is 1.09. The van der Waals surface area contributed by atoms with E-state index in [4.69, 9.17) is 5.73 Å². The molecule has 0 aliphatic rings. The number of rotatable bonds is 3. The summed E-state index contributed by atoms with van der Waals surface area (Å²) in [4.78, 5) is 0. The monoisotopic (exact) mass is 130 g/mol. The van der Waals surface area contributed by atoms with Crippen LogP contribution in [-0.2, 0) is 0 Å². The Bertz CT molecular complexity index is 98.6. The Morgan fingerprint density at radius 1 is 1.88 bits per heavy atom. The van der Waals surface area contributed by atoms with Gasteiger partial charge in [-0.3, -0.25) is 0 Å². The van der Waals surface area contributed by atoms with E-state index in [1.807, 2.05) is 0 Å². The highest BCUT2D eigenvalue weighted by Gasteiger charge is 1.80. The molecule has 0 aliphatic heterocycles. The molecule has 3 heteroatoms. The molecule has 0 aromatic heterocycles. The maximum atomic E-state index is 5.39. The lowest BCUT2D eigenvalue weighted by atomic mass is 10.9. The van der Waals surface area contributed by atoms with Gasteiger partial charge in [0, 0.05) is 13.2 Å². The first kappa shape index (κ1) is 7.43. The number of hydrogen-bond donors (Lipinski definition) is 2. The predicted molar refractivity (Wildman–Crippen MR) is 39.1 cm³/mol. The minimum absolute atomic E-state index is 0.725. The Morgan fingerprint density at radius 2 is 2.50 bits per heavy atom. The molecule has 2 nitrogen and oxygen atoms in total. The molecule has 0 aromatic carbocycles. The Labute approximate surface area is 53.8 Å². The van der Waals surface area contributed by atoms with Crippen molar-refractivity contribution in [3.63, 3.8) is 0 Å². The second-order valence-electron chi connectivity index (χ2n) is 1.12. The Hall–Kier alpha value is -0.570. The molecular formula is C5H10N2S. The van der Waals surface area contributed by atoms with E-state index >= 15 is 0 Å². The first-order valence-corrected chi connectivity index (χ1v) is 3.09. The zero-order valence-electron chi connectivity index (χ0n) is 4.85. The SMILES string of the molecule is C=CS/C(N)=C\NC. The van der Waals surface area contributed by atoms with Crippen molar-refractivity contribution in [2.24, 2.45) is 5.73 Å². The van der Waals surface area contributed by atoms with Gasteiger partial charge >= 0.3 is 0 Å². The molecule has 0 heterocycles. The predicted octanol–water partition coefficient (Wildman–Crippen LogP) is 0.840. The van der Waals surface area contributed by atoms with Crippen molar-refractivity contribution < 1.29 is 0 Å². The van der Waals surface area contributed by atoms with Gasteiger partial charge in [-0.05, 0) is 5.41 Å². The summed E-state index contributed by atoms with van der Waals surface area (Å²) in [5.41, 5.74) is 5.39. The van der Waals surface area contributed by atoms with Gasteiger partial charge in [-0.2, -0.15) is 0 Å². The van der Waals surface area contributed by atoms with Crippen molar-refractivity contribution in [2.75, 3.05) is 7.05 Å². The topological polar surface area (TPSA) is 38.0 Å². The molecule has 0 atom stereocenters. The molecule has 0 aliphatic carbocycles. The average Bonchev–Trinajstić information content (AvgIpc) is 1.68. The second-order valence-corrected chi connectivity index (χ2v) is 2.16. The van der Waals surface area contributed by atoms with Gasteiger partial charge < -0.3 is 11.1 Å². The van der Waals surface area contributed by atoms with Crippen molar-refractivity contribution in [3.8, 4) is 0 Å². The summed E-state index contributed by atoms with van der Waals surface area (Å²) in [5, 5.41) is 5.20. The summed E-state index contributed by atoms with van der Waals surface area (Å²) in [6.07, 6.45) is 1.71. The molecule has 8 heavy (non-hydrogen) atoms. The first-order valence-electron chi connectivity index (χ1n) is 2.21. The highest BCUT2D eigenvalue weighted by molar-refractivity contribution is 8.05. The van der Waals surface area contributed by atoms with Gasteiger partial charge in [-0.1, -0.05) is 18.3 Å². The largest absolute Gasteiger partial charge is 0.392 e. The first-order chi connectivity index (χ1) is 3.81. The van der Waals surface area contributed by atoms with Crippen LogP contribution in [0.25, 0.3) is 0 Å². The van der Waals surface area contributed by atoms with Crippen LogP contribution in [0.5, 0.6) is 0 Å². The maximum Gasteiger partial charge on any atom is 0.0857 e. The molecule has 0 aromatic rings. The van der Waals surface area contributed by atoms with E-state index in [1.165, 1.54) is 11.8 Å². The molecule has 0 radical (unpaired) electrons. The van der Waals surface area contributed by atoms with Crippen molar-refractivity contribution in [2.45, 2.75) is 0 Å². The summed E-state index contributed by atoms with van der Waals surface area (Å²) >= 11 is 1.40. The smallest absolute Gasteiger partial charge is 0.0857 e. The van der Waals surface area contributed by atoms with E-state index in [1.54, 1.807) is 18.7 Å². The van der Waals surface area contributed by atoms with E-state index in [2.05, 4.69) is 11.9 Å². The van der Waals surface area contributed by atoms with Gasteiger partial charge in [-0.25, -0.2) is 0 Å². The van der Waals surface area contributed by atoms with Gasteiger partial charge in [0.1, 0.15) is 0 Å². The Balaban J connectivity index is 3.44. The normalized spacial score (nSPS) is 10.9. The molecule has 0 spiro atoms. The molecule has 0 rings (SSSR count). The highest BCUT2D eigenvalue weighted by atomic mass is 32.2. The fourth-order valence-corrected chi connectivity index (χ4v) is 0.651. The van der Waals surface area contributed by atoms with E-state index in [9.17, 15) is 0 Å². The van der Waals surface area contributed by atoms with Crippen LogP contribution in [0.15, 0.2) is 23.2 Å². The Morgan fingerprint density at radius 3 is 2.88 bits per heavy atom. The summed E-state index contributed by atoms with van der Waals surface area (Å²) in [7, 11) is 1.80. The second kappa shape index (κ2) is 4.59. The molecule has 0 saturated heterocycles.